The molecule has 1 saturated heterocycles. The highest BCUT2D eigenvalue weighted by atomic mass is 32.2. The molecular weight excluding hydrogens is 376 g/mol. The first-order chi connectivity index (χ1) is 13.4. The molecule has 0 aliphatic carbocycles. The van der Waals surface area contributed by atoms with Crippen LogP contribution in [0.5, 0.6) is 5.75 Å². The number of amides is 1. The van der Waals surface area contributed by atoms with Crippen LogP contribution in [0.4, 0.5) is 5.69 Å². The van der Waals surface area contributed by atoms with E-state index in [4.69, 9.17) is 4.74 Å². The van der Waals surface area contributed by atoms with Gasteiger partial charge in [-0.3, -0.25) is 4.79 Å². The standard InChI is InChI=1S/C21H24N2O4S/c1-14-15(2)27-20-18(14)9-6-10-19(20)21(24)22-16-7-5-8-17(13-16)28(25,26)23-11-3-4-12-23/h5-10,13-15H,3-4,11-12H2,1-2H3,(H,22,24)/t14-,15-/m0/s1. The number of hydrogen-bond donors (Lipinski definition) is 1. The molecule has 148 valence electrons. The number of sulfonamides is 1. The molecule has 7 heteroatoms. The van der Waals surface area contributed by atoms with E-state index in [-0.39, 0.29) is 22.8 Å². The molecule has 28 heavy (non-hydrogen) atoms. The smallest absolute Gasteiger partial charge is 0.259 e. The van der Waals surface area contributed by atoms with Gasteiger partial charge in [0.05, 0.1) is 10.5 Å². The van der Waals surface area contributed by atoms with Crippen molar-refractivity contribution in [1.29, 1.82) is 0 Å². The van der Waals surface area contributed by atoms with Crippen LogP contribution in [-0.2, 0) is 10.0 Å². The molecule has 2 aliphatic rings. The fourth-order valence-electron chi connectivity index (χ4n) is 3.77. The largest absolute Gasteiger partial charge is 0.489 e. The third-order valence-electron chi connectivity index (χ3n) is 5.58. The Kier molecular flexibility index (Phi) is 4.89. The summed E-state index contributed by atoms with van der Waals surface area (Å²) in [5, 5.41) is 2.82. The van der Waals surface area contributed by atoms with Crippen LogP contribution < -0.4 is 10.1 Å². The molecule has 0 unspecified atom stereocenters. The van der Waals surface area contributed by atoms with Gasteiger partial charge in [-0.2, -0.15) is 4.31 Å². The first-order valence-electron chi connectivity index (χ1n) is 9.59. The Labute approximate surface area is 165 Å². The highest BCUT2D eigenvalue weighted by Gasteiger charge is 2.31. The van der Waals surface area contributed by atoms with Crippen molar-refractivity contribution in [2.24, 2.45) is 0 Å². The molecule has 4 rings (SSSR count). The number of ether oxygens (including phenoxy) is 1. The lowest BCUT2D eigenvalue weighted by molar-refractivity contribution is 0.102. The summed E-state index contributed by atoms with van der Waals surface area (Å²) in [6.07, 6.45) is 1.77. The van der Waals surface area contributed by atoms with Crippen molar-refractivity contribution < 1.29 is 17.9 Å². The van der Waals surface area contributed by atoms with Crippen molar-refractivity contribution in [1.82, 2.24) is 4.31 Å². The van der Waals surface area contributed by atoms with Crippen molar-refractivity contribution in [3.8, 4) is 5.75 Å². The normalized spacial score (nSPS) is 21.9. The van der Waals surface area contributed by atoms with E-state index in [9.17, 15) is 13.2 Å². The van der Waals surface area contributed by atoms with E-state index >= 15 is 0 Å². The van der Waals surface area contributed by atoms with Crippen LogP contribution in [0.3, 0.4) is 0 Å². The number of benzene rings is 2. The first-order valence-corrected chi connectivity index (χ1v) is 11.0. The van der Waals surface area contributed by atoms with Gasteiger partial charge in [0, 0.05) is 30.3 Å². The summed E-state index contributed by atoms with van der Waals surface area (Å²) >= 11 is 0. The third kappa shape index (κ3) is 3.29. The van der Waals surface area contributed by atoms with Crippen LogP contribution in [0.25, 0.3) is 0 Å². The minimum absolute atomic E-state index is 0.0119. The third-order valence-corrected chi connectivity index (χ3v) is 7.48. The van der Waals surface area contributed by atoms with E-state index in [1.807, 2.05) is 19.1 Å². The summed E-state index contributed by atoms with van der Waals surface area (Å²) in [6, 6.07) is 12.0. The van der Waals surface area contributed by atoms with Crippen LogP contribution in [-0.4, -0.2) is 37.8 Å². The molecule has 0 aromatic heterocycles. The molecular formula is C21H24N2O4S. The van der Waals surface area contributed by atoms with Crippen LogP contribution in [0.15, 0.2) is 47.4 Å². The number of nitrogens with zero attached hydrogens (tertiary/aromatic N) is 1. The summed E-state index contributed by atoms with van der Waals surface area (Å²) in [4.78, 5) is 13.1. The van der Waals surface area contributed by atoms with E-state index in [0.29, 0.717) is 30.1 Å². The zero-order valence-electron chi connectivity index (χ0n) is 16.0. The van der Waals surface area contributed by atoms with Gasteiger partial charge in [-0.15, -0.1) is 0 Å². The number of rotatable bonds is 4. The lowest BCUT2D eigenvalue weighted by atomic mass is 9.97. The molecule has 0 radical (unpaired) electrons. The fourth-order valence-corrected chi connectivity index (χ4v) is 5.34. The van der Waals surface area contributed by atoms with E-state index in [0.717, 1.165) is 18.4 Å². The molecule has 2 atom stereocenters. The average molecular weight is 401 g/mol. The summed E-state index contributed by atoms with van der Waals surface area (Å²) in [5.41, 5.74) is 1.92. The van der Waals surface area contributed by atoms with Crippen LogP contribution in [0.2, 0.25) is 0 Å². The average Bonchev–Trinajstić information content (AvgIpc) is 3.32. The summed E-state index contributed by atoms with van der Waals surface area (Å²) in [5.74, 6) is 0.520. The molecule has 0 spiro atoms. The first kappa shape index (κ1) is 19.0. The molecule has 6 nitrogen and oxygen atoms in total. The molecule has 2 aromatic rings. The second-order valence-electron chi connectivity index (χ2n) is 7.43. The Balaban J connectivity index is 1.59. The Bertz CT molecular complexity index is 1010. The minimum atomic E-state index is -3.53. The lowest BCUT2D eigenvalue weighted by Crippen LogP contribution is -2.27. The van der Waals surface area contributed by atoms with Gasteiger partial charge in [-0.25, -0.2) is 8.42 Å². The second-order valence-corrected chi connectivity index (χ2v) is 9.37. The maximum Gasteiger partial charge on any atom is 0.259 e. The van der Waals surface area contributed by atoms with Gasteiger partial charge in [0.2, 0.25) is 10.0 Å². The molecule has 2 heterocycles. The number of carbonyl (C=O) groups is 1. The van der Waals surface area contributed by atoms with Crippen LogP contribution in [0, 0.1) is 0 Å². The predicted octanol–water partition coefficient (Wildman–Crippen LogP) is 3.61. The number of carbonyl (C=O) groups excluding carboxylic acids is 1. The van der Waals surface area contributed by atoms with E-state index in [1.54, 1.807) is 24.3 Å². The van der Waals surface area contributed by atoms with E-state index in [2.05, 4.69) is 12.2 Å². The van der Waals surface area contributed by atoms with E-state index < -0.39 is 10.0 Å². The maximum atomic E-state index is 12.9. The van der Waals surface area contributed by atoms with Gasteiger partial charge < -0.3 is 10.1 Å². The number of para-hydroxylation sites is 1. The Morgan fingerprint density at radius 2 is 1.82 bits per heavy atom. The van der Waals surface area contributed by atoms with Crippen LogP contribution >= 0.6 is 0 Å². The van der Waals surface area contributed by atoms with Crippen LogP contribution in [0.1, 0.15) is 48.5 Å². The lowest BCUT2D eigenvalue weighted by Gasteiger charge is -2.16. The summed E-state index contributed by atoms with van der Waals surface area (Å²) in [6.45, 7) is 5.15. The Morgan fingerprint density at radius 3 is 2.57 bits per heavy atom. The SMILES string of the molecule is C[C@@H]1Oc2c(C(=O)Nc3cccc(S(=O)(=O)N4CCCC4)c3)cccc2[C@H]1C. The van der Waals surface area contributed by atoms with Gasteiger partial charge in [-0.05, 0) is 44.0 Å². The van der Waals surface area contributed by atoms with Gasteiger partial charge in [0.25, 0.3) is 5.91 Å². The quantitative estimate of drug-likeness (QED) is 0.851. The Morgan fingerprint density at radius 1 is 1.11 bits per heavy atom. The van der Waals surface area contributed by atoms with E-state index in [1.165, 1.54) is 10.4 Å². The number of fused-ring (bicyclic) bond motifs is 1. The monoisotopic (exact) mass is 400 g/mol. The van der Waals surface area contributed by atoms with Gasteiger partial charge in [0.1, 0.15) is 11.9 Å². The van der Waals surface area contributed by atoms with Gasteiger partial charge >= 0.3 is 0 Å². The molecule has 1 fully saturated rings. The highest BCUT2D eigenvalue weighted by molar-refractivity contribution is 7.89. The number of nitrogens with one attached hydrogen (secondary N) is 1. The second kappa shape index (κ2) is 7.22. The number of anilines is 1. The molecule has 0 saturated carbocycles. The zero-order chi connectivity index (χ0) is 19.9. The molecule has 2 aliphatic heterocycles. The molecule has 0 bridgehead atoms. The number of hydrogen-bond acceptors (Lipinski definition) is 4. The predicted molar refractivity (Wildman–Crippen MR) is 107 cm³/mol. The van der Waals surface area contributed by atoms with Crippen molar-refractivity contribution in [2.75, 3.05) is 18.4 Å². The molecule has 2 aromatic carbocycles. The summed E-state index contributed by atoms with van der Waals surface area (Å²) in [7, 11) is -3.53. The molecule has 1 amide bonds. The topological polar surface area (TPSA) is 75.7 Å². The van der Waals surface area contributed by atoms with Gasteiger partial charge in [0.15, 0.2) is 0 Å². The molecule has 1 N–H and O–H groups in total. The highest BCUT2D eigenvalue weighted by Crippen LogP contribution is 2.40. The fraction of sp³-hybridized carbons (Fsp3) is 0.381. The van der Waals surface area contributed by atoms with Gasteiger partial charge in [-0.1, -0.05) is 25.1 Å². The van der Waals surface area contributed by atoms with Crippen molar-refractivity contribution >= 4 is 21.6 Å². The zero-order valence-corrected chi connectivity index (χ0v) is 16.8. The van der Waals surface area contributed by atoms with Crippen molar-refractivity contribution in [3.63, 3.8) is 0 Å². The summed E-state index contributed by atoms with van der Waals surface area (Å²) < 4.78 is 32.9. The van der Waals surface area contributed by atoms with Crippen molar-refractivity contribution in [2.45, 2.75) is 43.6 Å². The Hall–Kier alpha value is -2.38. The van der Waals surface area contributed by atoms with Crippen molar-refractivity contribution in [3.05, 3.63) is 53.6 Å². The minimum Gasteiger partial charge on any atom is -0.489 e. The maximum absolute atomic E-state index is 12.9.